The quantitative estimate of drug-likeness (QED) is 0.0732. The van der Waals surface area contributed by atoms with Crippen molar-refractivity contribution in [2.45, 2.75) is 204 Å². The summed E-state index contributed by atoms with van der Waals surface area (Å²) in [5, 5.41) is 77.8. The summed E-state index contributed by atoms with van der Waals surface area (Å²) in [5.41, 5.74) is 5.98. The number of primary amides is 1. The van der Waals surface area contributed by atoms with Gasteiger partial charge in [-0.15, -0.1) is 0 Å². The molecule has 7 unspecified atom stereocenters. The minimum absolute atomic E-state index is 0.0419. The van der Waals surface area contributed by atoms with Crippen LogP contribution in [0, 0.1) is 17.8 Å². The van der Waals surface area contributed by atoms with E-state index < -0.39 is 139 Å². The third kappa shape index (κ3) is 18.2. The Morgan fingerprint density at radius 1 is 0.767 bits per heavy atom. The molecule has 3 heterocycles. The minimum Gasteiger partial charge on any atom is -0.508 e. The maximum absolute atomic E-state index is 14.5. The number of carbonyl (C=O) groups excluding carboxylic acids is 8. The minimum atomic E-state index is -2.00. The Balaban J connectivity index is 1.64. The first kappa shape index (κ1) is 60.1. The fourth-order valence-corrected chi connectivity index (χ4v) is 9.91. The van der Waals surface area contributed by atoms with Crippen molar-refractivity contribution in [3.63, 3.8) is 0 Å². The lowest BCUT2D eigenvalue weighted by Crippen LogP contribution is -2.62. The Morgan fingerprint density at radius 3 is 2.04 bits per heavy atom. The Bertz CT molecular complexity index is 2030. The molecular formula is C51H82N8O14. The summed E-state index contributed by atoms with van der Waals surface area (Å²) in [6.45, 7) is 8.77. The first-order chi connectivity index (χ1) is 34.5. The van der Waals surface area contributed by atoms with Gasteiger partial charge in [0.2, 0.25) is 47.3 Å². The fourth-order valence-electron chi connectivity index (χ4n) is 9.91. The Kier molecular flexibility index (Phi) is 23.8. The van der Waals surface area contributed by atoms with Crippen LogP contribution in [-0.4, -0.2) is 168 Å². The summed E-state index contributed by atoms with van der Waals surface area (Å²) in [4.78, 5) is 113. The van der Waals surface area contributed by atoms with Gasteiger partial charge in [-0.2, -0.15) is 0 Å². The molecule has 14 atom stereocenters. The van der Waals surface area contributed by atoms with Gasteiger partial charge in [0.1, 0.15) is 48.2 Å². The molecule has 0 spiro atoms. The lowest BCUT2D eigenvalue weighted by atomic mass is 9.91. The third-order valence-corrected chi connectivity index (χ3v) is 14.4. The second-order valence-corrected chi connectivity index (χ2v) is 20.8. The van der Waals surface area contributed by atoms with E-state index >= 15 is 0 Å². The van der Waals surface area contributed by atoms with Gasteiger partial charge in [-0.1, -0.05) is 84.8 Å². The van der Waals surface area contributed by atoms with E-state index in [2.05, 4.69) is 47.4 Å². The summed E-state index contributed by atoms with van der Waals surface area (Å²) >= 11 is 0. The molecule has 0 saturated carbocycles. The van der Waals surface area contributed by atoms with Crippen LogP contribution < -0.4 is 32.3 Å². The molecule has 22 nitrogen and oxygen atoms in total. The molecular weight excluding hydrogens is 949 g/mol. The number of fused-ring (bicyclic) bond motifs is 2. The van der Waals surface area contributed by atoms with E-state index in [1.54, 1.807) is 12.1 Å². The number of aliphatic hydroxyl groups is 5. The average molecular weight is 1030 g/mol. The van der Waals surface area contributed by atoms with Crippen LogP contribution in [-0.2, 0) is 44.8 Å². The van der Waals surface area contributed by atoms with E-state index in [1.807, 2.05) is 0 Å². The van der Waals surface area contributed by atoms with Crippen molar-refractivity contribution in [2.75, 3.05) is 13.1 Å². The zero-order valence-electron chi connectivity index (χ0n) is 43.0. The molecule has 0 aliphatic carbocycles. The zero-order valence-corrected chi connectivity index (χ0v) is 43.0. The number of carbonyl (C=O) groups is 8. The van der Waals surface area contributed by atoms with Crippen LogP contribution in [0.2, 0.25) is 0 Å². The van der Waals surface area contributed by atoms with Gasteiger partial charge >= 0.3 is 0 Å². The highest BCUT2D eigenvalue weighted by Gasteiger charge is 2.49. The van der Waals surface area contributed by atoms with Crippen molar-refractivity contribution < 1.29 is 69.0 Å². The first-order valence-electron chi connectivity index (χ1n) is 26.1. The number of aliphatic hydroxyl groups excluding tert-OH is 5. The SMILES string of the molecule is CCC(C)CC(C)CCCCCCCCC(=O)N[C@@H]1CC[C@@H](O)NC(=O)C2[C@@H](O)[C@@H](C)CN2C(=O)C([C@H](O)CC(N)=O)NC(=O)C(CCc2ccc(O)cc2)NC(=O)C2C[C@@H](O)CN2C(=O)C([C@@H](C)O)NC1=O. The molecule has 3 fully saturated rings. The van der Waals surface area contributed by atoms with Gasteiger partial charge in [0, 0.05) is 31.8 Å². The molecule has 3 aliphatic heterocycles. The molecule has 3 saturated heterocycles. The lowest BCUT2D eigenvalue weighted by molar-refractivity contribution is -0.147. The van der Waals surface area contributed by atoms with Crippen LogP contribution >= 0.6 is 0 Å². The van der Waals surface area contributed by atoms with Crippen LogP contribution in [0.5, 0.6) is 5.75 Å². The van der Waals surface area contributed by atoms with E-state index in [-0.39, 0.29) is 44.4 Å². The summed E-state index contributed by atoms with van der Waals surface area (Å²) in [6, 6.07) is -4.04. The number of hydrogen-bond donors (Lipinski definition) is 12. The highest BCUT2D eigenvalue weighted by Crippen LogP contribution is 2.27. The number of benzene rings is 1. The van der Waals surface area contributed by atoms with Gasteiger partial charge in [-0.05, 0) is 75.0 Å². The van der Waals surface area contributed by atoms with Gasteiger partial charge in [-0.25, -0.2) is 0 Å². The number of aromatic hydroxyl groups is 1. The predicted molar refractivity (Wildman–Crippen MR) is 266 cm³/mol. The zero-order chi connectivity index (χ0) is 54.1. The Labute approximate surface area is 428 Å². The molecule has 0 bridgehead atoms. The predicted octanol–water partition coefficient (Wildman–Crippen LogP) is -0.528. The number of phenolic OH excluding ortho intramolecular Hbond substituents is 1. The summed E-state index contributed by atoms with van der Waals surface area (Å²) in [5.74, 6) is -7.20. The largest absolute Gasteiger partial charge is 0.508 e. The van der Waals surface area contributed by atoms with Crippen molar-refractivity contribution in [1.82, 2.24) is 36.4 Å². The second kappa shape index (κ2) is 28.9. The number of nitrogens with zero attached hydrogens (tertiary/aromatic N) is 2. The molecule has 13 N–H and O–H groups in total. The monoisotopic (exact) mass is 1030 g/mol. The van der Waals surface area contributed by atoms with E-state index in [0.29, 0.717) is 23.8 Å². The number of phenols is 1. The van der Waals surface area contributed by atoms with Crippen molar-refractivity contribution in [3.05, 3.63) is 29.8 Å². The fraction of sp³-hybridized carbons (Fsp3) is 0.725. The molecule has 0 aromatic heterocycles. The van der Waals surface area contributed by atoms with Gasteiger partial charge in [0.15, 0.2) is 0 Å². The number of nitrogens with one attached hydrogen (secondary N) is 5. The molecule has 8 amide bonds. The number of unbranched alkanes of at least 4 members (excludes halogenated alkanes) is 5. The van der Waals surface area contributed by atoms with E-state index in [0.717, 1.165) is 41.9 Å². The summed E-state index contributed by atoms with van der Waals surface area (Å²) < 4.78 is 0. The highest BCUT2D eigenvalue weighted by atomic mass is 16.3. The maximum Gasteiger partial charge on any atom is 0.248 e. The summed E-state index contributed by atoms with van der Waals surface area (Å²) in [6.07, 6.45) is -1.24. The topological polar surface area (TPSA) is 351 Å². The summed E-state index contributed by atoms with van der Waals surface area (Å²) in [7, 11) is 0. The normalized spacial score (nSPS) is 28.6. The smallest absolute Gasteiger partial charge is 0.248 e. The first-order valence-corrected chi connectivity index (χ1v) is 26.1. The van der Waals surface area contributed by atoms with E-state index in [9.17, 15) is 69.0 Å². The van der Waals surface area contributed by atoms with Crippen molar-refractivity contribution >= 4 is 47.3 Å². The van der Waals surface area contributed by atoms with Crippen LogP contribution in [0.25, 0.3) is 0 Å². The molecule has 0 radical (unpaired) electrons. The number of hydrogen-bond acceptors (Lipinski definition) is 14. The molecule has 22 heteroatoms. The molecule has 3 aliphatic rings. The standard InChI is InChI=1S/C51H82N8O14/c1-6-28(2)23-29(3)13-11-9-7-8-10-12-14-40(65)53-35-21-22-41(66)55-49(71)44-45(67)30(4)26-59(44)51(73)43(38(63)25-39(52)64)57-47(69)36(20-17-32-15-18-33(61)19-16-32)54-48(70)37-24-34(62)27-58(37)50(72)42(31(5)60)56-46(35)68/h15-16,18-19,28-31,34-38,41-45,60-63,66-67H,6-14,17,20-27H2,1-5H3,(H2,52,64)(H,53,65)(H,54,70)(H,55,71)(H,56,68)(H,57,69)/t28?,29?,30-,31+,34+,35+,36?,37?,38+,41+,42?,43?,44?,45-/m0/s1. The second-order valence-electron chi connectivity index (χ2n) is 20.8. The van der Waals surface area contributed by atoms with Gasteiger partial charge in [0.25, 0.3) is 0 Å². The van der Waals surface area contributed by atoms with Crippen LogP contribution in [0.3, 0.4) is 0 Å². The van der Waals surface area contributed by atoms with Crippen molar-refractivity contribution in [2.24, 2.45) is 23.5 Å². The number of nitrogens with two attached hydrogens (primary N) is 1. The van der Waals surface area contributed by atoms with Crippen molar-refractivity contribution in [1.29, 1.82) is 0 Å². The lowest BCUT2D eigenvalue weighted by Gasteiger charge is -2.33. The van der Waals surface area contributed by atoms with Gasteiger partial charge in [-0.3, -0.25) is 38.4 Å². The van der Waals surface area contributed by atoms with Crippen LogP contribution in [0.15, 0.2) is 24.3 Å². The maximum atomic E-state index is 14.5. The molecule has 1 aromatic rings. The van der Waals surface area contributed by atoms with Crippen LogP contribution in [0.4, 0.5) is 0 Å². The van der Waals surface area contributed by atoms with Gasteiger partial charge in [0.05, 0.1) is 30.8 Å². The number of aryl methyl sites for hydroxylation is 1. The average Bonchev–Trinajstić information content (AvgIpc) is 3.87. The Hall–Kier alpha value is -5.42. The number of rotatable bonds is 20. The van der Waals surface area contributed by atoms with Crippen LogP contribution in [0.1, 0.15) is 136 Å². The molecule has 4 rings (SSSR count). The van der Waals surface area contributed by atoms with E-state index in [1.165, 1.54) is 45.2 Å². The number of amides is 8. The van der Waals surface area contributed by atoms with E-state index in [4.69, 9.17) is 5.73 Å². The molecule has 73 heavy (non-hydrogen) atoms. The van der Waals surface area contributed by atoms with Crippen molar-refractivity contribution in [3.8, 4) is 5.75 Å². The third-order valence-electron chi connectivity index (χ3n) is 14.4. The Morgan fingerprint density at radius 2 is 1.40 bits per heavy atom. The molecule has 1 aromatic carbocycles. The molecule has 410 valence electrons. The highest BCUT2D eigenvalue weighted by molar-refractivity contribution is 5.98. The van der Waals surface area contributed by atoms with Gasteiger partial charge < -0.3 is 72.8 Å².